The zero-order valence-corrected chi connectivity index (χ0v) is 19.0. The van der Waals surface area contributed by atoms with Gasteiger partial charge >= 0.3 is 0 Å². The molecule has 0 spiro atoms. The summed E-state index contributed by atoms with van der Waals surface area (Å²) in [6.45, 7) is 1.97. The summed E-state index contributed by atoms with van der Waals surface area (Å²) in [7, 11) is 4.86. The summed E-state index contributed by atoms with van der Waals surface area (Å²) in [6.07, 6.45) is 0.209. The van der Waals surface area contributed by atoms with Gasteiger partial charge in [0, 0.05) is 17.2 Å². The van der Waals surface area contributed by atoms with Crippen molar-refractivity contribution in [2.75, 3.05) is 26.6 Å². The van der Waals surface area contributed by atoms with E-state index in [-0.39, 0.29) is 12.3 Å². The molecule has 0 unspecified atom stereocenters. The highest BCUT2D eigenvalue weighted by Gasteiger charge is 2.12. The Hall–Kier alpha value is -2.71. The third-order valence-electron chi connectivity index (χ3n) is 4.27. The van der Waals surface area contributed by atoms with E-state index in [9.17, 15) is 4.79 Å². The molecule has 3 rings (SSSR count). The summed E-state index contributed by atoms with van der Waals surface area (Å²) in [5, 5.41) is 4.83. The molecule has 1 aromatic heterocycles. The van der Waals surface area contributed by atoms with Crippen molar-refractivity contribution >= 4 is 34.7 Å². The van der Waals surface area contributed by atoms with Gasteiger partial charge < -0.3 is 19.5 Å². The van der Waals surface area contributed by atoms with E-state index in [2.05, 4.69) is 10.3 Å². The fourth-order valence-corrected chi connectivity index (χ4v) is 4.58. The van der Waals surface area contributed by atoms with Crippen molar-refractivity contribution < 1.29 is 19.0 Å². The minimum atomic E-state index is -0.127. The average molecular weight is 445 g/mol. The number of hydrogen-bond donors (Lipinski definition) is 1. The van der Waals surface area contributed by atoms with Crippen LogP contribution in [-0.4, -0.2) is 32.2 Å². The van der Waals surface area contributed by atoms with Crippen LogP contribution in [0.4, 0.5) is 5.69 Å². The number of benzene rings is 2. The van der Waals surface area contributed by atoms with Gasteiger partial charge in [0.05, 0.1) is 39.1 Å². The van der Waals surface area contributed by atoms with Crippen molar-refractivity contribution in [1.29, 1.82) is 0 Å². The number of anilines is 1. The zero-order chi connectivity index (χ0) is 21.5. The number of carbonyl (C=O) groups is 1. The van der Waals surface area contributed by atoms with E-state index in [0.717, 1.165) is 38.4 Å². The van der Waals surface area contributed by atoms with Crippen LogP contribution in [0, 0.1) is 6.92 Å². The maximum atomic E-state index is 12.5. The molecule has 0 fully saturated rings. The molecule has 6 nitrogen and oxygen atoms in total. The topological polar surface area (TPSA) is 69.7 Å². The third kappa shape index (κ3) is 5.90. The maximum Gasteiger partial charge on any atom is 0.230 e. The Balaban J connectivity index is 1.59. The van der Waals surface area contributed by atoms with Gasteiger partial charge in [-0.2, -0.15) is 0 Å². The lowest BCUT2D eigenvalue weighted by Gasteiger charge is -2.10. The Morgan fingerprint density at radius 2 is 1.80 bits per heavy atom. The van der Waals surface area contributed by atoms with Crippen LogP contribution < -0.4 is 19.5 Å². The quantitative estimate of drug-likeness (QED) is 0.471. The number of nitrogens with one attached hydrogen (secondary N) is 1. The molecule has 0 atom stereocenters. The second-order valence-electron chi connectivity index (χ2n) is 6.54. The lowest BCUT2D eigenvalue weighted by Crippen LogP contribution is -2.15. The van der Waals surface area contributed by atoms with Crippen LogP contribution in [0.3, 0.4) is 0 Å². The van der Waals surface area contributed by atoms with E-state index < -0.39 is 0 Å². The Labute approximate surface area is 184 Å². The molecule has 2 aromatic carbocycles. The van der Waals surface area contributed by atoms with Crippen molar-refractivity contribution in [3.63, 3.8) is 0 Å². The first-order chi connectivity index (χ1) is 14.5. The molecule has 0 saturated carbocycles. The molecule has 0 saturated heterocycles. The minimum absolute atomic E-state index is 0.127. The summed E-state index contributed by atoms with van der Waals surface area (Å²) >= 11 is 3.15. The lowest BCUT2D eigenvalue weighted by atomic mass is 10.2. The van der Waals surface area contributed by atoms with Crippen LogP contribution in [0.1, 0.15) is 16.8 Å². The lowest BCUT2D eigenvalue weighted by molar-refractivity contribution is -0.115. The Kier molecular flexibility index (Phi) is 7.59. The fraction of sp³-hybridized carbons (Fsp3) is 0.273. The van der Waals surface area contributed by atoms with Gasteiger partial charge in [0.15, 0.2) is 0 Å². The van der Waals surface area contributed by atoms with Crippen LogP contribution in [0.2, 0.25) is 0 Å². The van der Waals surface area contributed by atoms with Crippen molar-refractivity contribution in [2.45, 2.75) is 23.4 Å². The monoisotopic (exact) mass is 444 g/mol. The standard InChI is InChI=1S/C22H24N2O4S2/c1-14-5-6-20(28-4)19(7-14)24-21(25)10-16-13-30-22(23-16)29-12-15-8-17(26-2)11-18(9-15)27-3/h5-9,11,13H,10,12H2,1-4H3,(H,24,25). The number of aryl methyl sites for hydroxylation is 1. The van der Waals surface area contributed by atoms with E-state index in [1.54, 1.807) is 33.1 Å². The number of thioether (sulfide) groups is 1. The van der Waals surface area contributed by atoms with E-state index in [0.29, 0.717) is 11.4 Å². The SMILES string of the molecule is COc1cc(CSc2nc(CC(=O)Nc3cc(C)ccc3OC)cs2)cc(OC)c1. The molecule has 3 aromatic rings. The Bertz CT molecular complexity index is 998. The number of thiazole rings is 1. The van der Waals surface area contributed by atoms with Crippen LogP contribution in [0.15, 0.2) is 46.1 Å². The number of methoxy groups -OCH3 is 3. The van der Waals surface area contributed by atoms with E-state index in [1.807, 2.05) is 48.7 Å². The molecular weight excluding hydrogens is 420 g/mol. The molecular formula is C22H24N2O4S2. The van der Waals surface area contributed by atoms with Gasteiger partial charge in [-0.05, 0) is 42.3 Å². The molecule has 0 bridgehead atoms. The number of amides is 1. The molecule has 30 heavy (non-hydrogen) atoms. The Morgan fingerprint density at radius 3 is 2.47 bits per heavy atom. The predicted octanol–water partition coefficient (Wildman–Crippen LogP) is 4.95. The summed E-state index contributed by atoms with van der Waals surface area (Å²) in [5.74, 6) is 2.75. The fourth-order valence-electron chi connectivity index (χ4n) is 2.81. The summed E-state index contributed by atoms with van der Waals surface area (Å²) < 4.78 is 16.9. The minimum Gasteiger partial charge on any atom is -0.497 e. The predicted molar refractivity (Wildman–Crippen MR) is 121 cm³/mol. The highest BCUT2D eigenvalue weighted by atomic mass is 32.2. The molecule has 0 aliphatic heterocycles. The van der Waals surface area contributed by atoms with Crippen molar-refractivity contribution in [1.82, 2.24) is 4.98 Å². The zero-order valence-electron chi connectivity index (χ0n) is 17.4. The number of carbonyl (C=O) groups excluding carboxylic acids is 1. The molecule has 158 valence electrons. The molecule has 1 N–H and O–H groups in total. The average Bonchev–Trinajstić information content (AvgIpc) is 3.19. The van der Waals surface area contributed by atoms with Gasteiger partial charge in [-0.1, -0.05) is 17.8 Å². The van der Waals surface area contributed by atoms with Gasteiger partial charge in [-0.25, -0.2) is 4.98 Å². The smallest absolute Gasteiger partial charge is 0.230 e. The van der Waals surface area contributed by atoms with Crippen molar-refractivity contribution in [2.24, 2.45) is 0 Å². The highest BCUT2D eigenvalue weighted by molar-refractivity contribution is 8.00. The number of ether oxygens (including phenoxy) is 3. The van der Waals surface area contributed by atoms with Crippen molar-refractivity contribution in [3.8, 4) is 17.2 Å². The molecule has 8 heteroatoms. The van der Waals surface area contributed by atoms with Gasteiger partial charge in [0.2, 0.25) is 5.91 Å². The Morgan fingerprint density at radius 1 is 1.07 bits per heavy atom. The molecule has 0 aliphatic carbocycles. The number of rotatable bonds is 9. The van der Waals surface area contributed by atoms with Gasteiger partial charge in [0.25, 0.3) is 0 Å². The largest absolute Gasteiger partial charge is 0.497 e. The highest BCUT2D eigenvalue weighted by Crippen LogP contribution is 2.30. The molecule has 1 amide bonds. The summed E-state index contributed by atoms with van der Waals surface area (Å²) in [6, 6.07) is 11.5. The van der Waals surface area contributed by atoms with E-state index >= 15 is 0 Å². The van der Waals surface area contributed by atoms with E-state index in [4.69, 9.17) is 14.2 Å². The number of nitrogens with zero attached hydrogens (tertiary/aromatic N) is 1. The van der Waals surface area contributed by atoms with E-state index in [1.165, 1.54) is 11.3 Å². The maximum absolute atomic E-state index is 12.5. The van der Waals surface area contributed by atoms with Gasteiger partial charge in [-0.3, -0.25) is 4.79 Å². The first-order valence-corrected chi connectivity index (χ1v) is 11.1. The van der Waals surface area contributed by atoms with Crippen LogP contribution in [0.25, 0.3) is 0 Å². The number of aromatic nitrogens is 1. The molecule has 1 heterocycles. The first kappa shape index (κ1) is 22.0. The summed E-state index contributed by atoms with van der Waals surface area (Å²) in [5.41, 5.74) is 3.54. The van der Waals surface area contributed by atoms with Crippen molar-refractivity contribution in [3.05, 3.63) is 58.6 Å². The first-order valence-electron chi connectivity index (χ1n) is 9.24. The molecule has 0 radical (unpaired) electrons. The van der Waals surface area contributed by atoms with Crippen LogP contribution in [0.5, 0.6) is 17.2 Å². The summed E-state index contributed by atoms with van der Waals surface area (Å²) in [4.78, 5) is 17.0. The third-order valence-corrected chi connectivity index (χ3v) is 6.42. The van der Waals surface area contributed by atoms with Crippen LogP contribution >= 0.6 is 23.1 Å². The normalized spacial score (nSPS) is 10.5. The van der Waals surface area contributed by atoms with Gasteiger partial charge in [-0.15, -0.1) is 11.3 Å². The second kappa shape index (κ2) is 10.4. The van der Waals surface area contributed by atoms with Crippen LogP contribution in [-0.2, 0) is 17.0 Å². The second-order valence-corrected chi connectivity index (χ2v) is 8.62. The molecule has 0 aliphatic rings. The number of hydrogen-bond acceptors (Lipinski definition) is 7. The van der Waals surface area contributed by atoms with Gasteiger partial charge in [0.1, 0.15) is 21.6 Å².